The average molecular weight is 455 g/mol. The third kappa shape index (κ3) is 4.31. The van der Waals surface area contributed by atoms with Gasteiger partial charge in [0, 0.05) is 5.92 Å². The van der Waals surface area contributed by atoms with E-state index in [9.17, 15) is 14.7 Å². The van der Waals surface area contributed by atoms with Gasteiger partial charge in [-0.2, -0.15) is 0 Å². The number of H-pyrrole nitrogens is 1. The Kier molecular flexibility index (Phi) is 6.13. The van der Waals surface area contributed by atoms with Crippen LogP contribution in [0.15, 0.2) is 35.1 Å². The van der Waals surface area contributed by atoms with E-state index in [4.69, 9.17) is 9.47 Å². The van der Waals surface area contributed by atoms with Gasteiger partial charge in [0.25, 0.3) is 0 Å². The summed E-state index contributed by atoms with van der Waals surface area (Å²) < 4.78 is 9.76. The van der Waals surface area contributed by atoms with Crippen LogP contribution in [0.3, 0.4) is 0 Å². The Morgan fingerprint density at radius 2 is 1.91 bits per heavy atom. The standard InChI is InChI=1S/C22H22N4O5S/c1-11-16(21(28)30-2)20(26-18(23-11)12-8-9-12)32-10-15(27)17(22(29)31-3)19-24-13-6-4-5-7-14(13)25-19/h4-7,12,27H,8-10H2,1-3H3,(H,24,25)/b17-15+. The van der Waals surface area contributed by atoms with Gasteiger partial charge in [-0.1, -0.05) is 23.9 Å². The molecule has 4 rings (SSSR count). The molecule has 1 aliphatic rings. The van der Waals surface area contributed by atoms with Gasteiger partial charge in [-0.3, -0.25) is 0 Å². The maximum absolute atomic E-state index is 12.5. The van der Waals surface area contributed by atoms with Crippen LogP contribution in [0.1, 0.15) is 46.5 Å². The first-order chi connectivity index (χ1) is 15.4. The molecule has 166 valence electrons. The Morgan fingerprint density at radius 1 is 1.16 bits per heavy atom. The Morgan fingerprint density at radius 3 is 2.56 bits per heavy atom. The molecule has 1 aliphatic carbocycles. The molecule has 2 N–H and O–H groups in total. The number of aliphatic hydroxyl groups is 1. The molecule has 0 amide bonds. The first-order valence-corrected chi connectivity index (χ1v) is 11.0. The summed E-state index contributed by atoms with van der Waals surface area (Å²) in [6.45, 7) is 1.73. The number of hydrogen-bond donors (Lipinski definition) is 2. The number of rotatable bonds is 7. The summed E-state index contributed by atoms with van der Waals surface area (Å²) in [6, 6.07) is 7.28. The molecule has 0 unspecified atom stereocenters. The van der Waals surface area contributed by atoms with E-state index in [2.05, 4.69) is 19.9 Å². The zero-order valence-electron chi connectivity index (χ0n) is 17.8. The molecule has 9 nitrogen and oxygen atoms in total. The Labute approximate surface area is 188 Å². The lowest BCUT2D eigenvalue weighted by atomic mass is 10.2. The highest BCUT2D eigenvalue weighted by molar-refractivity contribution is 7.99. The summed E-state index contributed by atoms with van der Waals surface area (Å²) in [5, 5.41) is 11.2. The van der Waals surface area contributed by atoms with Gasteiger partial charge in [-0.05, 0) is 31.9 Å². The molecule has 2 aromatic heterocycles. The highest BCUT2D eigenvalue weighted by atomic mass is 32.2. The van der Waals surface area contributed by atoms with Gasteiger partial charge in [0.2, 0.25) is 0 Å². The van der Waals surface area contributed by atoms with Crippen LogP contribution >= 0.6 is 11.8 Å². The number of aryl methyl sites for hydroxylation is 1. The first kappa shape index (κ1) is 21.8. The van der Waals surface area contributed by atoms with Crippen molar-refractivity contribution in [2.75, 3.05) is 20.0 Å². The molecule has 1 saturated carbocycles. The number of nitrogens with one attached hydrogen (secondary N) is 1. The Balaban J connectivity index is 1.70. The second kappa shape index (κ2) is 8.99. The average Bonchev–Trinajstić information content (AvgIpc) is 3.56. The van der Waals surface area contributed by atoms with Crippen molar-refractivity contribution in [3.05, 3.63) is 52.9 Å². The number of methoxy groups -OCH3 is 2. The molecule has 1 fully saturated rings. The molecule has 2 heterocycles. The zero-order valence-corrected chi connectivity index (χ0v) is 18.7. The van der Waals surface area contributed by atoms with Crippen LogP contribution in [0.5, 0.6) is 0 Å². The van der Waals surface area contributed by atoms with Crippen molar-refractivity contribution < 1.29 is 24.2 Å². The molecule has 10 heteroatoms. The predicted octanol–water partition coefficient (Wildman–Crippen LogP) is 3.56. The maximum atomic E-state index is 12.5. The van der Waals surface area contributed by atoms with Crippen molar-refractivity contribution in [3.8, 4) is 0 Å². The number of aromatic nitrogens is 4. The number of thioether (sulfide) groups is 1. The van der Waals surface area contributed by atoms with E-state index in [1.54, 1.807) is 13.0 Å². The maximum Gasteiger partial charge on any atom is 0.345 e. The Bertz CT molecular complexity index is 1200. The van der Waals surface area contributed by atoms with Crippen molar-refractivity contribution in [1.82, 2.24) is 19.9 Å². The van der Waals surface area contributed by atoms with Crippen LogP contribution in [-0.4, -0.2) is 57.0 Å². The molecule has 0 radical (unpaired) electrons. The topological polar surface area (TPSA) is 127 Å². The molecule has 1 aromatic carbocycles. The van der Waals surface area contributed by atoms with E-state index in [1.165, 1.54) is 14.2 Å². The molecule has 0 saturated heterocycles. The normalized spacial score (nSPS) is 14.2. The molecule has 32 heavy (non-hydrogen) atoms. The number of nitrogens with zero attached hydrogens (tertiary/aromatic N) is 3. The molecule has 0 spiro atoms. The summed E-state index contributed by atoms with van der Waals surface area (Å²) in [6.07, 6.45) is 2.01. The lowest BCUT2D eigenvalue weighted by molar-refractivity contribution is -0.133. The summed E-state index contributed by atoms with van der Waals surface area (Å²) in [7, 11) is 2.52. The summed E-state index contributed by atoms with van der Waals surface area (Å²) >= 11 is 1.12. The van der Waals surface area contributed by atoms with E-state index < -0.39 is 11.9 Å². The summed E-state index contributed by atoms with van der Waals surface area (Å²) in [4.78, 5) is 41.2. The number of imidazole rings is 1. The molecule has 0 bridgehead atoms. The van der Waals surface area contributed by atoms with Crippen LogP contribution in [0.2, 0.25) is 0 Å². The van der Waals surface area contributed by atoms with Gasteiger partial charge in [0.1, 0.15) is 33.6 Å². The van der Waals surface area contributed by atoms with Crippen molar-refractivity contribution in [3.63, 3.8) is 0 Å². The van der Waals surface area contributed by atoms with Crippen molar-refractivity contribution in [1.29, 1.82) is 0 Å². The largest absolute Gasteiger partial charge is 0.510 e. The van der Waals surface area contributed by atoms with Gasteiger partial charge < -0.3 is 19.6 Å². The number of aromatic amines is 1. The minimum absolute atomic E-state index is 0.0357. The third-order valence-electron chi connectivity index (χ3n) is 5.06. The van der Waals surface area contributed by atoms with E-state index in [-0.39, 0.29) is 34.4 Å². The third-order valence-corrected chi connectivity index (χ3v) is 6.04. The van der Waals surface area contributed by atoms with E-state index >= 15 is 0 Å². The number of carbonyl (C=O) groups is 2. The van der Waals surface area contributed by atoms with Gasteiger partial charge in [0.15, 0.2) is 0 Å². The van der Waals surface area contributed by atoms with Gasteiger partial charge in [-0.15, -0.1) is 0 Å². The number of carbonyl (C=O) groups excluding carboxylic acids is 2. The second-order valence-corrected chi connectivity index (χ2v) is 8.28. The van der Waals surface area contributed by atoms with Crippen molar-refractivity contribution in [2.45, 2.75) is 30.7 Å². The highest BCUT2D eigenvalue weighted by Crippen LogP contribution is 2.39. The molecular weight excluding hydrogens is 432 g/mol. The van der Waals surface area contributed by atoms with Gasteiger partial charge >= 0.3 is 11.9 Å². The van der Waals surface area contributed by atoms with Crippen molar-refractivity contribution >= 4 is 40.3 Å². The van der Waals surface area contributed by atoms with Gasteiger partial charge in [-0.25, -0.2) is 24.5 Å². The van der Waals surface area contributed by atoms with Crippen LogP contribution in [0.25, 0.3) is 16.6 Å². The number of esters is 2. The first-order valence-electron chi connectivity index (χ1n) is 9.98. The van der Waals surface area contributed by atoms with Crippen molar-refractivity contribution in [2.24, 2.45) is 0 Å². The lowest BCUT2D eigenvalue weighted by Gasteiger charge is -2.12. The van der Waals surface area contributed by atoms with Crippen LogP contribution in [0.4, 0.5) is 0 Å². The fraction of sp³-hybridized carbons (Fsp3) is 0.318. The SMILES string of the molecule is COC(=O)/C(=C(/O)CSc1nc(C2CC2)nc(C)c1C(=O)OC)c1nc2ccccc2[nH]1. The highest BCUT2D eigenvalue weighted by Gasteiger charge is 2.30. The van der Waals surface area contributed by atoms with Crippen LogP contribution < -0.4 is 0 Å². The smallest absolute Gasteiger partial charge is 0.345 e. The van der Waals surface area contributed by atoms with E-state index in [1.807, 2.05) is 18.2 Å². The van der Waals surface area contributed by atoms with Gasteiger partial charge in [0.05, 0.1) is 36.7 Å². The molecule has 0 aliphatic heterocycles. The molecule has 0 atom stereocenters. The summed E-state index contributed by atoms with van der Waals surface area (Å²) in [5.41, 5.74) is 2.06. The zero-order chi connectivity index (χ0) is 22.8. The van der Waals surface area contributed by atoms with Crippen LogP contribution in [-0.2, 0) is 14.3 Å². The predicted molar refractivity (Wildman–Crippen MR) is 118 cm³/mol. The fourth-order valence-electron chi connectivity index (χ4n) is 3.27. The summed E-state index contributed by atoms with van der Waals surface area (Å²) in [5.74, 6) is -0.417. The molecular formula is C22H22N4O5S. The Hall–Kier alpha value is -3.40. The number of aliphatic hydroxyl groups excluding tert-OH is 1. The minimum atomic E-state index is -0.729. The number of ether oxygens (including phenoxy) is 2. The lowest BCUT2D eigenvalue weighted by Crippen LogP contribution is -2.12. The molecule has 3 aromatic rings. The monoisotopic (exact) mass is 454 g/mol. The fourth-order valence-corrected chi connectivity index (χ4v) is 4.22. The number of fused-ring (bicyclic) bond motifs is 1. The second-order valence-electron chi connectivity index (χ2n) is 7.32. The minimum Gasteiger partial charge on any atom is -0.510 e. The number of hydrogen-bond acceptors (Lipinski definition) is 9. The quantitative estimate of drug-likeness (QED) is 0.181. The van der Waals surface area contributed by atoms with E-state index in [0.29, 0.717) is 22.1 Å². The van der Waals surface area contributed by atoms with E-state index in [0.717, 1.165) is 30.1 Å². The number of para-hydroxylation sites is 2. The number of benzene rings is 1. The van der Waals surface area contributed by atoms with Crippen LogP contribution in [0, 0.1) is 6.92 Å².